The van der Waals surface area contributed by atoms with Crippen molar-refractivity contribution < 1.29 is 4.79 Å². The highest BCUT2D eigenvalue weighted by Gasteiger charge is 2.25. The first-order valence-corrected chi connectivity index (χ1v) is 6.25. The molecule has 1 aliphatic rings. The van der Waals surface area contributed by atoms with Gasteiger partial charge in [-0.25, -0.2) is 0 Å². The second-order valence-corrected chi connectivity index (χ2v) is 5.22. The third-order valence-electron chi connectivity index (χ3n) is 2.11. The molecule has 0 bridgehead atoms. The standard InChI is InChI=1S/C11H10ClN3OS/c1-7-10(16)14-11(17-7)15-13-6-8-2-4-9(12)5-3-8/h2-7H,1H3,(H,14,15,16)/b13-6-/t7-/m1/s1. The minimum absolute atomic E-state index is 0.0320. The predicted molar refractivity (Wildman–Crippen MR) is 71.7 cm³/mol. The molecular weight excluding hydrogens is 258 g/mol. The Balaban J connectivity index is 2.00. The van der Waals surface area contributed by atoms with Gasteiger partial charge < -0.3 is 5.32 Å². The molecule has 88 valence electrons. The molecule has 0 radical (unpaired) electrons. The van der Waals surface area contributed by atoms with E-state index in [1.165, 1.54) is 11.8 Å². The van der Waals surface area contributed by atoms with Gasteiger partial charge in [0.15, 0.2) is 5.17 Å². The lowest BCUT2D eigenvalue weighted by atomic mass is 10.2. The Bertz CT molecular complexity index is 484. The van der Waals surface area contributed by atoms with Crippen molar-refractivity contribution in [2.24, 2.45) is 10.2 Å². The molecule has 1 amide bonds. The fraction of sp³-hybridized carbons (Fsp3) is 0.182. The number of halogens is 1. The molecule has 0 aliphatic carbocycles. The van der Waals surface area contributed by atoms with Crippen LogP contribution in [0.3, 0.4) is 0 Å². The normalized spacial score (nSPS) is 22.4. The number of nitrogens with one attached hydrogen (secondary N) is 1. The average molecular weight is 268 g/mol. The Morgan fingerprint density at radius 2 is 2.12 bits per heavy atom. The van der Waals surface area contributed by atoms with Crippen LogP contribution in [0.4, 0.5) is 0 Å². The van der Waals surface area contributed by atoms with Gasteiger partial charge in [-0.3, -0.25) is 4.79 Å². The molecule has 1 saturated heterocycles. The fourth-order valence-electron chi connectivity index (χ4n) is 1.20. The molecule has 17 heavy (non-hydrogen) atoms. The molecule has 1 atom stereocenters. The van der Waals surface area contributed by atoms with Crippen LogP contribution in [-0.4, -0.2) is 22.5 Å². The van der Waals surface area contributed by atoms with E-state index >= 15 is 0 Å². The summed E-state index contributed by atoms with van der Waals surface area (Å²) >= 11 is 7.12. The summed E-state index contributed by atoms with van der Waals surface area (Å²) in [7, 11) is 0. The summed E-state index contributed by atoms with van der Waals surface area (Å²) in [5.74, 6) is -0.0320. The fourth-order valence-corrected chi connectivity index (χ4v) is 2.08. The van der Waals surface area contributed by atoms with Crippen LogP contribution in [0, 0.1) is 0 Å². The van der Waals surface area contributed by atoms with Gasteiger partial charge in [-0.2, -0.15) is 5.10 Å². The van der Waals surface area contributed by atoms with Crippen LogP contribution >= 0.6 is 23.4 Å². The maximum Gasteiger partial charge on any atom is 0.239 e. The third kappa shape index (κ3) is 3.31. The number of carbonyl (C=O) groups excluding carboxylic acids is 1. The first-order valence-electron chi connectivity index (χ1n) is 4.99. The van der Waals surface area contributed by atoms with Gasteiger partial charge in [0.1, 0.15) is 0 Å². The van der Waals surface area contributed by atoms with Crippen molar-refractivity contribution in [1.82, 2.24) is 5.32 Å². The summed E-state index contributed by atoms with van der Waals surface area (Å²) in [5, 5.41) is 11.6. The number of amides is 1. The molecule has 0 spiro atoms. The van der Waals surface area contributed by atoms with Gasteiger partial charge in [-0.1, -0.05) is 35.5 Å². The van der Waals surface area contributed by atoms with Gasteiger partial charge in [-0.05, 0) is 24.6 Å². The number of thioether (sulfide) groups is 1. The summed E-state index contributed by atoms with van der Waals surface area (Å²) < 4.78 is 0. The molecule has 1 heterocycles. The number of benzene rings is 1. The van der Waals surface area contributed by atoms with Gasteiger partial charge >= 0.3 is 0 Å². The van der Waals surface area contributed by atoms with Gasteiger partial charge in [0.05, 0.1) is 11.5 Å². The highest BCUT2D eigenvalue weighted by molar-refractivity contribution is 8.15. The van der Waals surface area contributed by atoms with Crippen molar-refractivity contribution in [2.45, 2.75) is 12.2 Å². The summed E-state index contributed by atoms with van der Waals surface area (Å²) in [6.07, 6.45) is 1.61. The zero-order valence-corrected chi connectivity index (χ0v) is 10.6. The zero-order chi connectivity index (χ0) is 12.3. The molecule has 0 aromatic heterocycles. The summed E-state index contributed by atoms with van der Waals surface area (Å²) in [4.78, 5) is 11.2. The minimum atomic E-state index is -0.0977. The molecule has 0 saturated carbocycles. The molecule has 1 aromatic carbocycles. The van der Waals surface area contributed by atoms with E-state index in [1.54, 1.807) is 18.3 Å². The number of hydrogen-bond acceptors (Lipinski definition) is 4. The van der Waals surface area contributed by atoms with Crippen LogP contribution < -0.4 is 5.32 Å². The van der Waals surface area contributed by atoms with E-state index in [2.05, 4.69) is 15.5 Å². The minimum Gasteiger partial charge on any atom is -0.303 e. The van der Waals surface area contributed by atoms with Crippen LogP contribution in [0.5, 0.6) is 0 Å². The highest BCUT2D eigenvalue weighted by atomic mass is 35.5. The Kier molecular flexibility index (Phi) is 3.81. The van der Waals surface area contributed by atoms with Gasteiger partial charge in [0, 0.05) is 5.02 Å². The van der Waals surface area contributed by atoms with E-state index < -0.39 is 0 Å². The Morgan fingerprint density at radius 3 is 2.71 bits per heavy atom. The molecule has 1 N–H and O–H groups in total. The van der Waals surface area contributed by atoms with Gasteiger partial charge in [0.2, 0.25) is 5.91 Å². The van der Waals surface area contributed by atoms with E-state index in [9.17, 15) is 4.79 Å². The first-order chi connectivity index (χ1) is 8.15. The van der Waals surface area contributed by atoms with Crippen molar-refractivity contribution in [2.75, 3.05) is 0 Å². The number of amidine groups is 1. The van der Waals surface area contributed by atoms with E-state index in [0.29, 0.717) is 10.2 Å². The second kappa shape index (κ2) is 5.33. The summed E-state index contributed by atoms with van der Waals surface area (Å²) in [5.41, 5.74) is 0.904. The predicted octanol–water partition coefficient (Wildman–Crippen LogP) is 2.28. The van der Waals surface area contributed by atoms with E-state index in [1.807, 2.05) is 19.1 Å². The molecule has 2 rings (SSSR count). The molecule has 4 nitrogen and oxygen atoms in total. The maximum atomic E-state index is 11.2. The zero-order valence-electron chi connectivity index (χ0n) is 9.05. The topological polar surface area (TPSA) is 53.8 Å². The average Bonchev–Trinajstić information content (AvgIpc) is 2.61. The van der Waals surface area contributed by atoms with Crippen molar-refractivity contribution in [3.05, 3.63) is 34.9 Å². The van der Waals surface area contributed by atoms with E-state index in [4.69, 9.17) is 11.6 Å². The quantitative estimate of drug-likeness (QED) is 0.660. The number of nitrogens with zero attached hydrogens (tertiary/aromatic N) is 2. The Morgan fingerprint density at radius 1 is 1.41 bits per heavy atom. The Labute approximate surface area is 108 Å². The number of rotatable bonds is 2. The van der Waals surface area contributed by atoms with Crippen molar-refractivity contribution in [3.63, 3.8) is 0 Å². The van der Waals surface area contributed by atoms with Crippen molar-refractivity contribution >= 4 is 40.7 Å². The third-order valence-corrected chi connectivity index (χ3v) is 3.34. The maximum absolute atomic E-state index is 11.2. The highest BCUT2D eigenvalue weighted by Crippen LogP contribution is 2.18. The molecule has 6 heteroatoms. The van der Waals surface area contributed by atoms with Crippen LogP contribution in [-0.2, 0) is 4.79 Å². The lowest BCUT2D eigenvalue weighted by Gasteiger charge is -1.92. The van der Waals surface area contributed by atoms with Crippen molar-refractivity contribution in [1.29, 1.82) is 0 Å². The SMILES string of the molecule is C[C@H]1SC(=N/N=C\c2ccc(Cl)cc2)NC1=O. The molecule has 1 aromatic rings. The van der Waals surface area contributed by atoms with Gasteiger partial charge in [-0.15, -0.1) is 5.10 Å². The van der Waals surface area contributed by atoms with Crippen LogP contribution in [0.25, 0.3) is 0 Å². The van der Waals surface area contributed by atoms with Crippen LogP contribution in [0.15, 0.2) is 34.5 Å². The van der Waals surface area contributed by atoms with Crippen LogP contribution in [0.1, 0.15) is 12.5 Å². The largest absolute Gasteiger partial charge is 0.303 e. The van der Waals surface area contributed by atoms with Crippen molar-refractivity contribution in [3.8, 4) is 0 Å². The first kappa shape index (κ1) is 12.1. The lowest BCUT2D eigenvalue weighted by Crippen LogP contribution is -2.23. The lowest BCUT2D eigenvalue weighted by molar-refractivity contribution is -0.118. The van der Waals surface area contributed by atoms with E-state index in [0.717, 1.165) is 5.56 Å². The number of carbonyl (C=O) groups is 1. The molecular formula is C11H10ClN3OS. The summed E-state index contributed by atoms with van der Waals surface area (Å²) in [6.45, 7) is 1.82. The van der Waals surface area contributed by atoms with Gasteiger partial charge in [0.25, 0.3) is 0 Å². The molecule has 1 aliphatic heterocycles. The number of hydrogen-bond donors (Lipinski definition) is 1. The molecule has 0 unspecified atom stereocenters. The monoisotopic (exact) mass is 267 g/mol. The summed E-state index contributed by atoms with van der Waals surface area (Å²) in [6, 6.07) is 7.25. The smallest absolute Gasteiger partial charge is 0.239 e. The Hall–Kier alpha value is -1.33. The van der Waals surface area contributed by atoms with E-state index in [-0.39, 0.29) is 11.2 Å². The molecule has 1 fully saturated rings. The van der Waals surface area contributed by atoms with Crippen LogP contribution in [0.2, 0.25) is 5.02 Å². The second-order valence-electron chi connectivity index (χ2n) is 3.45.